The lowest BCUT2D eigenvalue weighted by Gasteiger charge is -2.11. The maximum atomic E-state index is 4.62. The Bertz CT molecular complexity index is 729. The fourth-order valence-corrected chi connectivity index (χ4v) is 3.76. The van der Waals surface area contributed by atoms with E-state index in [2.05, 4.69) is 26.6 Å². The molecule has 0 bridgehead atoms. The van der Waals surface area contributed by atoms with Crippen LogP contribution in [0.4, 0.5) is 5.13 Å². The maximum absolute atomic E-state index is 4.62. The zero-order chi connectivity index (χ0) is 14.3. The van der Waals surface area contributed by atoms with E-state index in [0.717, 1.165) is 27.9 Å². The van der Waals surface area contributed by atoms with Crippen molar-refractivity contribution in [2.75, 3.05) is 18.1 Å². The van der Waals surface area contributed by atoms with Gasteiger partial charge in [0.1, 0.15) is 0 Å². The highest BCUT2D eigenvalue weighted by Gasteiger charge is 2.41. The Morgan fingerprint density at radius 1 is 1.48 bits per heavy atom. The van der Waals surface area contributed by atoms with Crippen LogP contribution < -0.4 is 5.32 Å². The molecule has 0 unspecified atom stereocenters. The van der Waals surface area contributed by atoms with Crippen LogP contribution in [-0.4, -0.2) is 37.1 Å². The van der Waals surface area contributed by atoms with Crippen LogP contribution >= 0.6 is 23.1 Å². The fraction of sp³-hybridized carbons (Fsp3) is 0.357. The van der Waals surface area contributed by atoms with E-state index in [-0.39, 0.29) is 0 Å². The van der Waals surface area contributed by atoms with Crippen LogP contribution in [0.15, 0.2) is 30.7 Å². The van der Waals surface area contributed by atoms with Crippen molar-refractivity contribution in [3.63, 3.8) is 0 Å². The van der Waals surface area contributed by atoms with Gasteiger partial charge in [0.15, 0.2) is 0 Å². The second-order valence-corrected chi connectivity index (χ2v) is 7.47. The van der Waals surface area contributed by atoms with Crippen molar-refractivity contribution in [1.82, 2.24) is 19.6 Å². The quantitative estimate of drug-likeness (QED) is 0.783. The summed E-state index contributed by atoms with van der Waals surface area (Å²) < 4.78 is 2.28. The van der Waals surface area contributed by atoms with Crippen molar-refractivity contribution in [2.24, 2.45) is 0 Å². The molecule has 108 valence electrons. The largest absolute Gasteiger partial charge is 0.359 e. The molecule has 0 spiro atoms. The van der Waals surface area contributed by atoms with Gasteiger partial charge in [-0.3, -0.25) is 4.98 Å². The number of hydrogen-bond donors (Lipinski definition) is 1. The molecule has 1 aliphatic rings. The number of fused-ring (bicyclic) bond motifs is 1. The second-order valence-electron chi connectivity index (χ2n) is 5.24. The van der Waals surface area contributed by atoms with Crippen molar-refractivity contribution in [1.29, 1.82) is 0 Å². The molecule has 1 N–H and O–H groups in total. The van der Waals surface area contributed by atoms with Gasteiger partial charge in [0.25, 0.3) is 0 Å². The number of rotatable bonds is 5. The average Bonchev–Trinajstić information content (AvgIpc) is 3.05. The van der Waals surface area contributed by atoms with Crippen LogP contribution in [0.5, 0.6) is 0 Å². The predicted octanol–water partition coefficient (Wildman–Crippen LogP) is 3.16. The number of aromatic nitrogens is 4. The average molecular weight is 317 g/mol. The Morgan fingerprint density at radius 3 is 3.05 bits per heavy atom. The van der Waals surface area contributed by atoms with Gasteiger partial charge in [-0.25, -0.2) is 9.50 Å². The number of thioether (sulfide) groups is 1. The van der Waals surface area contributed by atoms with E-state index in [1.807, 2.05) is 40.8 Å². The summed E-state index contributed by atoms with van der Waals surface area (Å²) in [6, 6.07) is 3.93. The molecule has 0 radical (unpaired) electrons. The highest BCUT2D eigenvalue weighted by Crippen LogP contribution is 2.47. The number of pyridine rings is 1. The minimum Gasteiger partial charge on any atom is -0.359 e. The van der Waals surface area contributed by atoms with Crippen LogP contribution in [-0.2, 0) is 0 Å². The summed E-state index contributed by atoms with van der Waals surface area (Å²) in [6.45, 7) is 0.986. The zero-order valence-electron chi connectivity index (χ0n) is 11.6. The van der Waals surface area contributed by atoms with Gasteiger partial charge < -0.3 is 5.32 Å². The maximum Gasteiger partial charge on any atom is 0.214 e. The normalized spacial score (nSPS) is 16.2. The molecule has 7 heteroatoms. The molecule has 5 nitrogen and oxygen atoms in total. The van der Waals surface area contributed by atoms with Crippen LogP contribution in [0.3, 0.4) is 0 Å². The molecule has 0 amide bonds. The molecule has 3 aromatic rings. The molecule has 1 saturated carbocycles. The van der Waals surface area contributed by atoms with Crippen molar-refractivity contribution >= 4 is 33.2 Å². The Morgan fingerprint density at radius 2 is 2.38 bits per heavy atom. The van der Waals surface area contributed by atoms with E-state index < -0.39 is 0 Å². The molecule has 21 heavy (non-hydrogen) atoms. The lowest BCUT2D eigenvalue weighted by molar-refractivity contribution is 0.918. The lowest BCUT2D eigenvalue weighted by atomic mass is 10.2. The van der Waals surface area contributed by atoms with Gasteiger partial charge in [-0.2, -0.15) is 11.8 Å². The lowest BCUT2D eigenvalue weighted by Crippen LogP contribution is -2.17. The van der Waals surface area contributed by atoms with Crippen LogP contribution in [0.25, 0.3) is 16.2 Å². The summed E-state index contributed by atoms with van der Waals surface area (Å²) in [5, 5.41) is 8.94. The SMILES string of the molecule is CSC1(CNc2nn3cc(-c4cccnc4)nc3s2)CC1. The summed E-state index contributed by atoms with van der Waals surface area (Å²) in [6.07, 6.45) is 10.3. The van der Waals surface area contributed by atoms with Gasteiger partial charge in [-0.1, -0.05) is 11.3 Å². The Balaban J connectivity index is 1.54. The van der Waals surface area contributed by atoms with E-state index >= 15 is 0 Å². The summed E-state index contributed by atoms with van der Waals surface area (Å²) in [5.41, 5.74) is 1.93. The van der Waals surface area contributed by atoms with Crippen molar-refractivity contribution < 1.29 is 0 Å². The monoisotopic (exact) mass is 317 g/mol. The first-order valence-corrected chi connectivity index (χ1v) is 8.88. The fourth-order valence-electron chi connectivity index (χ4n) is 2.25. The molecule has 3 heterocycles. The third-order valence-electron chi connectivity index (χ3n) is 3.80. The van der Waals surface area contributed by atoms with Crippen LogP contribution in [0.1, 0.15) is 12.8 Å². The third kappa shape index (κ3) is 2.51. The standard InChI is InChI=1S/C14H15N5S2/c1-20-14(4-5-14)9-16-12-18-19-8-11(17-13(19)21-12)10-3-2-6-15-7-10/h2-3,6-8H,4-5,9H2,1H3,(H,16,18). The van der Waals surface area contributed by atoms with E-state index in [4.69, 9.17) is 0 Å². The van der Waals surface area contributed by atoms with Gasteiger partial charge in [0, 0.05) is 29.2 Å². The molecule has 0 saturated heterocycles. The Kier molecular flexibility index (Phi) is 3.11. The van der Waals surface area contributed by atoms with Crippen molar-refractivity contribution in [3.05, 3.63) is 30.7 Å². The van der Waals surface area contributed by atoms with Crippen LogP contribution in [0, 0.1) is 0 Å². The van der Waals surface area contributed by atoms with E-state index in [0.29, 0.717) is 4.75 Å². The molecular formula is C14H15N5S2. The molecular weight excluding hydrogens is 302 g/mol. The summed E-state index contributed by atoms with van der Waals surface area (Å²) >= 11 is 3.54. The minimum absolute atomic E-state index is 0.439. The number of anilines is 1. The topological polar surface area (TPSA) is 55.1 Å². The number of imidazole rings is 1. The molecule has 1 fully saturated rings. The number of hydrogen-bond acceptors (Lipinski definition) is 6. The highest BCUT2D eigenvalue weighted by atomic mass is 32.2. The van der Waals surface area contributed by atoms with Gasteiger partial charge in [-0.15, -0.1) is 5.10 Å². The first kappa shape index (κ1) is 13.1. The van der Waals surface area contributed by atoms with E-state index in [9.17, 15) is 0 Å². The zero-order valence-corrected chi connectivity index (χ0v) is 13.2. The van der Waals surface area contributed by atoms with E-state index in [1.165, 1.54) is 12.8 Å². The smallest absolute Gasteiger partial charge is 0.214 e. The van der Waals surface area contributed by atoms with Gasteiger partial charge in [-0.05, 0) is 31.2 Å². The second kappa shape index (κ2) is 4.99. The Hall–Kier alpha value is -1.60. The Labute approximate surface area is 130 Å². The molecule has 0 aliphatic heterocycles. The predicted molar refractivity (Wildman–Crippen MR) is 88.1 cm³/mol. The summed E-state index contributed by atoms with van der Waals surface area (Å²) in [7, 11) is 0. The first-order chi connectivity index (χ1) is 10.3. The summed E-state index contributed by atoms with van der Waals surface area (Å²) in [4.78, 5) is 9.65. The first-order valence-electron chi connectivity index (χ1n) is 6.84. The molecule has 0 atom stereocenters. The van der Waals surface area contributed by atoms with Crippen molar-refractivity contribution in [3.8, 4) is 11.3 Å². The molecule has 4 rings (SSSR count). The van der Waals surface area contributed by atoms with E-state index in [1.54, 1.807) is 17.5 Å². The minimum atomic E-state index is 0.439. The molecule has 0 aromatic carbocycles. The van der Waals surface area contributed by atoms with Gasteiger partial charge in [0.05, 0.1) is 11.9 Å². The highest BCUT2D eigenvalue weighted by molar-refractivity contribution is 8.00. The van der Waals surface area contributed by atoms with Gasteiger partial charge >= 0.3 is 0 Å². The van der Waals surface area contributed by atoms with Gasteiger partial charge in [0.2, 0.25) is 10.1 Å². The van der Waals surface area contributed by atoms with Crippen molar-refractivity contribution in [2.45, 2.75) is 17.6 Å². The third-order valence-corrected chi connectivity index (χ3v) is 6.10. The van der Waals surface area contributed by atoms with Crippen LogP contribution in [0.2, 0.25) is 0 Å². The number of nitrogens with zero attached hydrogens (tertiary/aromatic N) is 4. The summed E-state index contributed by atoms with van der Waals surface area (Å²) in [5.74, 6) is 0. The molecule has 1 aliphatic carbocycles. The molecule has 3 aromatic heterocycles. The number of nitrogens with one attached hydrogen (secondary N) is 1.